The van der Waals surface area contributed by atoms with E-state index in [1.165, 1.54) is 35.2 Å². The number of fused-ring (bicyclic) bond motifs is 6. The van der Waals surface area contributed by atoms with Crippen molar-refractivity contribution in [1.29, 1.82) is 0 Å². The maximum atomic E-state index is 11.1. The van der Waals surface area contributed by atoms with Crippen molar-refractivity contribution in [2.45, 2.75) is 32.1 Å². The third kappa shape index (κ3) is 8.08. The Hall–Kier alpha value is -3.13. The first-order valence-electron chi connectivity index (χ1n) is 14.3. The Labute approximate surface area is 268 Å². The van der Waals surface area contributed by atoms with Gasteiger partial charge in [0, 0.05) is 73.3 Å². The van der Waals surface area contributed by atoms with E-state index in [2.05, 4.69) is 36.5 Å². The first-order valence-corrected chi connectivity index (χ1v) is 16.8. The number of aromatic hydroxyl groups is 2. The molecule has 1 unspecified atom stereocenters. The van der Waals surface area contributed by atoms with Crippen LogP contribution in [0.1, 0.15) is 36.8 Å². The van der Waals surface area contributed by atoms with Gasteiger partial charge in [-0.15, -0.1) is 23.2 Å². The van der Waals surface area contributed by atoms with E-state index in [9.17, 15) is 19.8 Å². The zero-order valence-corrected chi connectivity index (χ0v) is 27.3. The molecular formula is C34H40Cl2N2O4S. The molecule has 230 valence electrons. The number of aldehydes is 1. The molecular weight excluding hydrogens is 603 g/mol. The third-order valence-corrected chi connectivity index (χ3v) is 9.03. The predicted octanol–water partition coefficient (Wildman–Crippen LogP) is 7.96. The second-order valence-electron chi connectivity index (χ2n) is 10.2. The molecule has 43 heavy (non-hydrogen) atoms. The number of amides is 1. The lowest BCUT2D eigenvalue weighted by Crippen LogP contribution is -2.19. The maximum Gasteiger partial charge on any atom is 0.214 e. The van der Waals surface area contributed by atoms with Gasteiger partial charge in [-0.3, -0.25) is 4.79 Å². The number of anilines is 2. The van der Waals surface area contributed by atoms with Crippen LogP contribution in [0.25, 0.3) is 21.5 Å². The first-order chi connectivity index (χ1) is 20.9. The van der Waals surface area contributed by atoms with E-state index in [0.29, 0.717) is 24.6 Å². The zero-order chi connectivity index (χ0) is 31.4. The summed E-state index contributed by atoms with van der Waals surface area (Å²) in [6, 6.07) is 19.2. The number of hydrogen-bond acceptors (Lipinski definition) is 6. The number of carbonyl (C=O) groups excluding carboxylic acids is 2. The minimum absolute atomic E-state index is 0.123. The smallest absolute Gasteiger partial charge is 0.214 e. The largest absolute Gasteiger partial charge is 0.507 e. The SMILES string of the molecule is CCCSCCC=O.CCl.CN1CCc2c1cc(O)c1ccccc21.O=CN1CC(CCl)c2c1cc(O)c1ccccc21. The number of benzene rings is 4. The Morgan fingerprint density at radius 2 is 1.49 bits per heavy atom. The van der Waals surface area contributed by atoms with Gasteiger partial charge in [0.15, 0.2) is 0 Å². The van der Waals surface area contributed by atoms with Crippen molar-refractivity contribution < 1.29 is 19.8 Å². The number of likely N-dealkylation sites (N-methyl/N-ethyl adjacent to an activating group) is 1. The van der Waals surface area contributed by atoms with Crippen molar-refractivity contribution in [1.82, 2.24) is 0 Å². The molecule has 0 saturated carbocycles. The fourth-order valence-corrected chi connectivity index (χ4v) is 6.47. The van der Waals surface area contributed by atoms with Crippen LogP contribution < -0.4 is 9.80 Å². The highest BCUT2D eigenvalue weighted by atomic mass is 35.5. The van der Waals surface area contributed by atoms with Crippen LogP contribution in [-0.2, 0) is 16.0 Å². The van der Waals surface area contributed by atoms with Gasteiger partial charge >= 0.3 is 0 Å². The molecule has 0 spiro atoms. The average molecular weight is 644 g/mol. The molecule has 0 radical (unpaired) electrons. The molecule has 0 bridgehead atoms. The van der Waals surface area contributed by atoms with Crippen molar-refractivity contribution in [3.05, 3.63) is 71.8 Å². The molecule has 2 heterocycles. The van der Waals surface area contributed by atoms with Gasteiger partial charge in [-0.2, -0.15) is 11.8 Å². The number of alkyl halides is 2. The van der Waals surface area contributed by atoms with E-state index >= 15 is 0 Å². The number of nitrogens with zero attached hydrogens (tertiary/aromatic N) is 2. The summed E-state index contributed by atoms with van der Waals surface area (Å²) < 4.78 is 0. The molecule has 2 N–H and O–H groups in total. The van der Waals surface area contributed by atoms with Crippen LogP contribution in [0.3, 0.4) is 0 Å². The van der Waals surface area contributed by atoms with E-state index in [1.807, 2.05) is 60.3 Å². The number of carbonyl (C=O) groups is 2. The zero-order valence-electron chi connectivity index (χ0n) is 24.9. The Kier molecular flexibility index (Phi) is 13.8. The molecule has 4 aromatic carbocycles. The molecule has 2 aliphatic rings. The summed E-state index contributed by atoms with van der Waals surface area (Å²) in [7, 11) is 2.07. The second-order valence-corrected chi connectivity index (χ2v) is 11.7. The number of phenols is 2. The molecule has 6 nitrogen and oxygen atoms in total. The first kappa shape index (κ1) is 34.4. The molecule has 1 atom stereocenters. The summed E-state index contributed by atoms with van der Waals surface area (Å²) in [5.41, 5.74) is 4.37. The van der Waals surface area contributed by atoms with Crippen LogP contribution in [-0.4, -0.2) is 66.8 Å². The van der Waals surface area contributed by atoms with E-state index in [0.717, 1.165) is 58.8 Å². The Balaban J connectivity index is 0.000000184. The predicted molar refractivity (Wildman–Crippen MR) is 185 cm³/mol. The standard InChI is InChI=1S/C14H12ClNO2.C13H13NO.C6H12OS.CH3Cl/c15-6-9-7-16(8-17)12-5-13(18)10-3-1-2-4-11(10)14(9)12;1-14-7-6-10-9-4-2-3-5-11(9)13(15)8-12(10)14;1-2-5-8-6-3-4-7;1-2/h1-5,8-9,18H,6-7H2;2-5,8,15H,6-7H2,1H3;4H,2-3,5-6H2,1H3;1H3. The third-order valence-electron chi connectivity index (χ3n) is 7.44. The van der Waals surface area contributed by atoms with Gasteiger partial charge in [-0.25, -0.2) is 0 Å². The molecule has 2 aliphatic heterocycles. The van der Waals surface area contributed by atoms with Crippen LogP contribution in [0.15, 0.2) is 60.7 Å². The molecule has 0 fully saturated rings. The Morgan fingerprint density at radius 3 is 2.07 bits per heavy atom. The molecule has 0 saturated heterocycles. The number of thioether (sulfide) groups is 1. The van der Waals surface area contributed by atoms with Gasteiger partial charge in [-0.1, -0.05) is 55.5 Å². The van der Waals surface area contributed by atoms with Crippen LogP contribution >= 0.6 is 35.0 Å². The van der Waals surface area contributed by atoms with Gasteiger partial charge in [-0.05, 0) is 46.2 Å². The van der Waals surface area contributed by atoms with Crippen LogP contribution in [0.4, 0.5) is 11.4 Å². The van der Waals surface area contributed by atoms with Crippen LogP contribution in [0.2, 0.25) is 0 Å². The number of halogens is 2. The monoisotopic (exact) mass is 642 g/mol. The lowest BCUT2D eigenvalue weighted by atomic mass is 9.95. The lowest BCUT2D eigenvalue weighted by molar-refractivity contribution is -0.108. The van der Waals surface area contributed by atoms with Crippen LogP contribution in [0, 0.1) is 0 Å². The number of rotatable bonds is 7. The minimum atomic E-state index is 0.123. The fourth-order valence-electron chi connectivity index (χ4n) is 5.47. The number of phenolic OH excluding ortho intramolecular Hbond substituents is 2. The second kappa shape index (κ2) is 17.2. The quantitative estimate of drug-likeness (QED) is 0.121. The minimum Gasteiger partial charge on any atom is -0.507 e. The maximum absolute atomic E-state index is 11.1. The summed E-state index contributed by atoms with van der Waals surface area (Å²) in [6.45, 7) is 3.77. The summed E-state index contributed by atoms with van der Waals surface area (Å²) in [5, 5.41) is 23.9. The van der Waals surface area contributed by atoms with E-state index in [-0.39, 0.29) is 11.7 Å². The molecule has 4 aromatic rings. The highest BCUT2D eigenvalue weighted by molar-refractivity contribution is 7.99. The summed E-state index contributed by atoms with van der Waals surface area (Å²) in [5.74, 6) is 3.36. The average Bonchev–Trinajstić information content (AvgIpc) is 3.61. The van der Waals surface area contributed by atoms with Gasteiger partial charge in [0.25, 0.3) is 0 Å². The molecule has 1 amide bonds. The van der Waals surface area contributed by atoms with Crippen molar-refractivity contribution >= 4 is 80.6 Å². The van der Waals surface area contributed by atoms with Crippen molar-refractivity contribution in [3.8, 4) is 11.5 Å². The topological polar surface area (TPSA) is 81.1 Å². The Bertz CT molecular complexity index is 1520. The van der Waals surface area contributed by atoms with Gasteiger partial charge in [0.2, 0.25) is 6.41 Å². The lowest BCUT2D eigenvalue weighted by Gasteiger charge is -2.13. The Morgan fingerprint density at radius 1 is 0.907 bits per heavy atom. The summed E-state index contributed by atoms with van der Waals surface area (Å²) in [4.78, 5) is 24.6. The molecule has 6 rings (SSSR count). The normalized spacial score (nSPS) is 14.5. The van der Waals surface area contributed by atoms with Crippen molar-refractivity contribution in [2.75, 3.05) is 53.7 Å². The fraction of sp³-hybridized carbons (Fsp3) is 0.353. The van der Waals surface area contributed by atoms with Crippen LogP contribution in [0.5, 0.6) is 11.5 Å². The van der Waals surface area contributed by atoms with Crippen molar-refractivity contribution in [3.63, 3.8) is 0 Å². The van der Waals surface area contributed by atoms with Gasteiger partial charge in [0.1, 0.15) is 17.8 Å². The summed E-state index contributed by atoms with van der Waals surface area (Å²) in [6.07, 6.45) is 6.24. The molecule has 9 heteroatoms. The van der Waals surface area contributed by atoms with E-state index in [4.69, 9.17) is 11.6 Å². The highest BCUT2D eigenvalue weighted by Crippen LogP contribution is 2.44. The van der Waals surface area contributed by atoms with E-state index < -0.39 is 0 Å². The van der Waals surface area contributed by atoms with E-state index in [1.54, 1.807) is 11.0 Å². The highest BCUT2D eigenvalue weighted by Gasteiger charge is 2.30. The van der Waals surface area contributed by atoms with Gasteiger partial charge in [0.05, 0.1) is 5.69 Å². The summed E-state index contributed by atoms with van der Waals surface area (Å²) >= 11 is 12.5. The van der Waals surface area contributed by atoms with Crippen molar-refractivity contribution in [2.24, 2.45) is 0 Å². The molecule has 0 aliphatic carbocycles. The number of hydrogen-bond donors (Lipinski definition) is 2. The molecule has 0 aromatic heterocycles. The van der Waals surface area contributed by atoms with Gasteiger partial charge < -0.3 is 24.8 Å².